The number of rotatable bonds is 6. The number of H-pyrrole nitrogens is 1. The number of amides is 1. The number of hydrogen-bond donors (Lipinski definition) is 2. The van der Waals surface area contributed by atoms with E-state index in [1.165, 1.54) is 11.8 Å². The van der Waals surface area contributed by atoms with Crippen molar-refractivity contribution in [2.75, 3.05) is 13.1 Å². The molecular formula is C17H26ClN16NaO. The average Bonchev–Trinajstić information content (AvgIpc) is 3.45. The molecule has 2 heterocycles. The minimum atomic E-state index is -0.0831. The zero-order chi connectivity index (χ0) is 27.3. The van der Waals surface area contributed by atoms with E-state index >= 15 is 0 Å². The summed E-state index contributed by atoms with van der Waals surface area (Å²) in [5, 5.41) is 50.7. The maximum absolute atomic E-state index is 10.1. The van der Waals surface area contributed by atoms with Gasteiger partial charge in [-0.2, -0.15) is 21.0 Å². The molecule has 0 aromatic carbocycles. The number of hydrogen-bond acceptors (Lipinski definition) is 11. The quantitative estimate of drug-likeness (QED) is 0.113. The molecule has 17 nitrogen and oxygen atoms in total. The van der Waals surface area contributed by atoms with Gasteiger partial charge in [-0.25, -0.2) is 4.68 Å². The Morgan fingerprint density at radius 1 is 1.14 bits per heavy atom. The van der Waals surface area contributed by atoms with Gasteiger partial charge in [0.05, 0.1) is 55.7 Å². The second-order valence-corrected chi connectivity index (χ2v) is 6.13. The first-order valence-corrected chi connectivity index (χ1v) is 10.0. The van der Waals surface area contributed by atoms with Crippen LogP contribution < -0.4 is 34.9 Å². The van der Waals surface area contributed by atoms with Gasteiger partial charge in [-0.05, 0) is 31.2 Å². The van der Waals surface area contributed by atoms with Crippen LogP contribution in [0.5, 0.6) is 0 Å². The van der Waals surface area contributed by atoms with Gasteiger partial charge in [0, 0.05) is 13.5 Å². The summed E-state index contributed by atoms with van der Waals surface area (Å²) in [4.78, 5) is 15.4. The van der Waals surface area contributed by atoms with E-state index in [0.29, 0.717) is 49.9 Å². The van der Waals surface area contributed by atoms with Crippen molar-refractivity contribution in [1.29, 1.82) is 15.8 Å². The third-order valence-electron chi connectivity index (χ3n) is 2.76. The molecule has 0 bridgehead atoms. The molecule has 19 heteroatoms. The Kier molecular flexibility index (Phi) is 34.4. The number of tetrazole rings is 2. The Labute approximate surface area is 235 Å². The van der Waals surface area contributed by atoms with Gasteiger partial charge in [0.15, 0.2) is 5.82 Å². The van der Waals surface area contributed by atoms with Crippen LogP contribution in [0.4, 0.5) is 0 Å². The van der Waals surface area contributed by atoms with E-state index in [-0.39, 0.29) is 35.5 Å². The molecule has 2 aromatic heterocycles. The molecule has 0 radical (unpaired) electrons. The molecule has 0 aliphatic rings. The number of aliphatic imine (C=N–C) groups is 1. The van der Waals surface area contributed by atoms with Crippen LogP contribution in [-0.4, -0.2) is 65.0 Å². The molecule has 2 rings (SSSR count). The summed E-state index contributed by atoms with van der Waals surface area (Å²) in [6, 6.07) is 5.88. The Morgan fingerprint density at radius 3 is 2.06 bits per heavy atom. The van der Waals surface area contributed by atoms with Gasteiger partial charge in [0.25, 0.3) is 0 Å². The van der Waals surface area contributed by atoms with Gasteiger partial charge < -0.3 is 16.4 Å². The van der Waals surface area contributed by atoms with Crippen molar-refractivity contribution in [3.8, 4) is 18.2 Å². The summed E-state index contributed by atoms with van der Waals surface area (Å²) in [7, 11) is 0. The number of nitriles is 3. The van der Waals surface area contributed by atoms with E-state index in [0.717, 1.165) is 5.82 Å². The maximum atomic E-state index is 10.1. The van der Waals surface area contributed by atoms with Crippen LogP contribution >= 0.6 is 11.6 Å². The van der Waals surface area contributed by atoms with Gasteiger partial charge >= 0.3 is 29.6 Å². The fourth-order valence-corrected chi connectivity index (χ4v) is 1.46. The van der Waals surface area contributed by atoms with Crippen LogP contribution in [0, 0.1) is 47.8 Å². The molecule has 0 atom stereocenters. The van der Waals surface area contributed by atoms with Crippen LogP contribution in [-0.2, 0) is 11.3 Å². The number of aromatic amines is 1. The Morgan fingerprint density at radius 2 is 1.72 bits per heavy atom. The number of carbonyl (C=O) groups is 1. The molecule has 0 aliphatic carbocycles. The first-order chi connectivity index (χ1) is 16.7. The fraction of sp³-hybridized carbons (Fsp3) is 0.588. The number of aromatic nitrogens is 8. The van der Waals surface area contributed by atoms with E-state index in [4.69, 9.17) is 38.4 Å². The second-order valence-electron chi connectivity index (χ2n) is 5.58. The van der Waals surface area contributed by atoms with Crippen LogP contribution in [0.25, 0.3) is 16.0 Å². The predicted molar refractivity (Wildman–Crippen MR) is 125 cm³/mol. The second kappa shape index (κ2) is 31.4. The van der Waals surface area contributed by atoms with Crippen LogP contribution in [0.1, 0.15) is 44.8 Å². The minimum Gasteiger partial charge on any atom is -0.373 e. The van der Waals surface area contributed by atoms with Crippen LogP contribution in [0.3, 0.4) is 0 Å². The molecule has 2 N–H and O–H groups in total. The first kappa shape index (κ1) is 39.6. The summed E-state index contributed by atoms with van der Waals surface area (Å²) in [6.07, 6.45) is 1.29. The normalized spacial score (nSPS) is 8.33. The molecule has 1 amide bonds. The SMILES string of the molecule is CC(=O)NCCC#N.CC(Cl)=NCCC#N.Cc1nn[nH]n1.Cc1nnnn1CCC#N.[N-]=[N+]=[N-].[Na+]. The predicted octanol–water partition coefficient (Wildman–Crippen LogP) is -1.13. The van der Waals surface area contributed by atoms with Gasteiger partial charge in [-0.15, -0.1) is 15.3 Å². The maximum Gasteiger partial charge on any atom is 1.00 e. The van der Waals surface area contributed by atoms with E-state index in [2.05, 4.69) is 46.5 Å². The molecular weight excluding hydrogens is 503 g/mol. The third-order valence-corrected chi connectivity index (χ3v) is 2.88. The standard InChI is InChI=1S/C5H7ClN2.C5H7N5.C5H8N2O.C2H4N4.N3.Na/c1-5(6)8-4-2-3-7;1-5-7-8-9-10(5)4-2-3-6;1-5(8)7-4-2-3-6;1-2-3-5-6-4-2;1-3-2;/h2,4H2,1H3;2,4H2,1H3;2,4H2,1H3,(H,7,8);1H3,(H,3,4,5,6);;/q;;;;-1;+1. The van der Waals surface area contributed by atoms with E-state index in [1.807, 2.05) is 18.2 Å². The van der Waals surface area contributed by atoms with Gasteiger partial charge in [0.2, 0.25) is 5.91 Å². The third kappa shape index (κ3) is 35.0. The van der Waals surface area contributed by atoms with E-state index in [9.17, 15) is 4.79 Å². The molecule has 0 unspecified atom stereocenters. The van der Waals surface area contributed by atoms with Crippen molar-refractivity contribution < 1.29 is 34.4 Å². The minimum absolute atomic E-state index is 0. The summed E-state index contributed by atoms with van der Waals surface area (Å²) in [5.41, 5.74) is 13.5. The topological polar surface area (TPSA) is 270 Å². The van der Waals surface area contributed by atoms with Crippen LogP contribution in [0.2, 0.25) is 0 Å². The van der Waals surface area contributed by atoms with Crippen molar-refractivity contribution in [3.63, 3.8) is 0 Å². The summed E-state index contributed by atoms with van der Waals surface area (Å²) >= 11 is 5.35. The number of carbonyl (C=O) groups excluding carboxylic acids is 1. The zero-order valence-electron chi connectivity index (χ0n) is 20.8. The van der Waals surface area contributed by atoms with Gasteiger partial charge in [-0.3, -0.25) is 14.7 Å². The van der Waals surface area contributed by atoms with Gasteiger partial charge in [0.1, 0.15) is 5.82 Å². The zero-order valence-corrected chi connectivity index (χ0v) is 23.5. The summed E-state index contributed by atoms with van der Waals surface area (Å²) in [6.45, 7) is 8.25. The number of nitrogens with one attached hydrogen (secondary N) is 2. The van der Waals surface area contributed by atoms with Crippen molar-refractivity contribution in [2.24, 2.45) is 4.99 Å². The molecule has 0 aliphatic heterocycles. The number of nitrogens with zero attached hydrogens (tertiary/aromatic N) is 14. The van der Waals surface area contributed by atoms with Gasteiger partial charge in [-0.1, -0.05) is 16.8 Å². The molecule has 0 spiro atoms. The van der Waals surface area contributed by atoms with Crippen molar-refractivity contribution >= 4 is 22.7 Å². The Hall–Kier alpha value is -3.65. The average molecular weight is 529 g/mol. The number of aryl methyl sites for hydroxylation is 3. The molecule has 2 aromatic rings. The van der Waals surface area contributed by atoms with E-state index in [1.54, 1.807) is 25.5 Å². The fourth-order valence-electron chi connectivity index (χ4n) is 1.38. The molecule has 0 fully saturated rings. The summed E-state index contributed by atoms with van der Waals surface area (Å²) < 4.78 is 1.60. The molecule has 0 saturated heterocycles. The molecule has 0 saturated carbocycles. The Bertz CT molecular complexity index is 976. The smallest absolute Gasteiger partial charge is 0.373 e. The van der Waals surface area contributed by atoms with E-state index < -0.39 is 0 Å². The monoisotopic (exact) mass is 528 g/mol. The Balaban J connectivity index is -0.000000183. The molecule has 188 valence electrons. The van der Waals surface area contributed by atoms with Crippen LogP contribution in [0.15, 0.2) is 4.99 Å². The first-order valence-electron chi connectivity index (χ1n) is 9.63. The van der Waals surface area contributed by atoms with Crippen molar-refractivity contribution in [2.45, 2.75) is 53.5 Å². The summed E-state index contributed by atoms with van der Waals surface area (Å²) in [5.74, 6) is 1.34. The molecule has 36 heavy (non-hydrogen) atoms. The van der Waals surface area contributed by atoms with Crippen molar-refractivity contribution in [1.82, 2.24) is 46.1 Å². The van der Waals surface area contributed by atoms with Crippen molar-refractivity contribution in [3.05, 3.63) is 27.6 Å². The largest absolute Gasteiger partial charge is 1.00 e. The number of halogens is 1.